The van der Waals surface area contributed by atoms with E-state index in [1.165, 1.54) is 0 Å². The van der Waals surface area contributed by atoms with Crippen molar-refractivity contribution in [3.05, 3.63) is 0 Å². The SMILES string of the molecule is CCC[C@H](C)N=C(N)N. The lowest BCUT2D eigenvalue weighted by Crippen LogP contribution is -2.24. The summed E-state index contributed by atoms with van der Waals surface area (Å²) in [6, 6.07) is 0.278. The monoisotopic (exact) mass is 129 g/mol. The lowest BCUT2D eigenvalue weighted by atomic mass is 10.2. The quantitative estimate of drug-likeness (QED) is 0.429. The second-order valence-corrected chi connectivity index (χ2v) is 2.19. The molecule has 0 aromatic heterocycles. The Hall–Kier alpha value is -0.730. The Balaban J connectivity index is 3.49. The predicted octanol–water partition coefficient (Wildman–Crippen LogP) is 0.448. The van der Waals surface area contributed by atoms with Crippen molar-refractivity contribution in [3.8, 4) is 0 Å². The molecule has 0 fully saturated rings. The minimum atomic E-state index is 0.191. The summed E-state index contributed by atoms with van der Waals surface area (Å²) in [7, 11) is 0. The van der Waals surface area contributed by atoms with E-state index in [-0.39, 0.29) is 12.0 Å². The lowest BCUT2D eigenvalue weighted by molar-refractivity contribution is 0.653. The molecule has 0 heterocycles. The summed E-state index contributed by atoms with van der Waals surface area (Å²) >= 11 is 0. The summed E-state index contributed by atoms with van der Waals surface area (Å²) in [5.41, 5.74) is 10.3. The van der Waals surface area contributed by atoms with Gasteiger partial charge in [0.25, 0.3) is 0 Å². The van der Waals surface area contributed by atoms with Crippen LogP contribution >= 0.6 is 0 Å². The molecule has 0 saturated heterocycles. The molecule has 0 aliphatic rings. The first-order valence-corrected chi connectivity index (χ1v) is 3.25. The number of rotatable bonds is 3. The van der Waals surface area contributed by atoms with Crippen LogP contribution in [0, 0.1) is 0 Å². The molecular formula is C6H15N3. The summed E-state index contributed by atoms with van der Waals surface area (Å²) in [6.45, 7) is 4.11. The van der Waals surface area contributed by atoms with E-state index >= 15 is 0 Å². The molecule has 3 nitrogen and oxygen atoms in total. The van der Waals surface area contributed by atoms with Gasteiger partial charge in [0.1, 0.15) is 0 Å². The number of nitrogens with zero attached hydrogens (tertiary/aromatic N) is 1. The van der Waals surface area contributed by atoms with Crippen molar-refractivity contribution < 1.29 is 0 Å². The molecule has 0 aliphatic carbocycles. The van der Waals surface area contributed by atoms with Crippen molar-refractivity contribution in [2.24, 2.45) is 16.5 Å². The molecular weight excluding hydrogens is 114 g/mol. The van der Waals surface area contributed by atoms with Gasteiger partial charge in [0.05, 0.1) is 6.04 Å². The summed E-state index contributed by atoms with van der Waals surface area (Å²) in [5, 5.41) is 0. The Labute approximate surface area is 56.1 Å². The van der Waals surface area contributed by atoms with Gasteiger partial charge >= 0.3 is 0 Å². The lowest BCUT2D eigenvalue weighted by Gasteiger charge is -2.02. The molecule has 0 radical (unpaired) electrons. The normalized spacial score (nSPS) is 12.7. The maximum Gasteiger partial charge on any atom is 0.186 e. The van der Waals surface area contributed by atoms with E-state index in [9.17, 15) is 0 Å². The average Bonchev–Trinajstić information content (AvgIpc) is 1.63. The highest BCUT2D eigenvalue weighted by atomic mass is 15.0. The predicted molar refractivity (Wildman–Crippen MR) is 40.2 cm³/mol. The van der Waals surface area contributed by atoms with Crippen LogP contribution in [-0.4, -0.2) is 12.0 Å². The van der Waals surface area contributed by atoms with Gasteiger partial charge in [-0.25, -0.2) is 0 Å². The van der Waals surface area contributed by atoms with E-state index in [1.807, 2.05) is 6.92 Å². The Kier molecular flexibility index (Phi) is 3.84. The van der Waals surface area contributed by atoms with Crippen LogP contribution in [0.3, 0.4) is 0 Å². The largest absolute Gasteiger partial charge is 0.370 e. The van der Waals surface area contributed by atoms with Crippen LogP contribution in [0.1, 0.15) is 26.7 Å². The number of nitrogens with two attached hydrogens (primary N) is 2. The van der Waals surface area contributed by atoms with Gasteiger partial charge in [-0.3, -0.25) is 4.99 Å². The molecule has 0 amide bonds. The molecule has 54 valence electrons. The third kappa shape index (κ3) is 5.14. The van der Waals surface area contributed by atoms with Crippen LogP contribution < -0.4 is 11.5 Å². The molecule has 0 aromatic carbocycles. The highest BCUT2D eigenvalue weighted by Gasteiger charge is 1.94. The number of aliphatic imine (C=N–C) groups is 1. The van der Waals surface area contributed by atoms with Gasteiger partial charge in [-0.15, -0.1) is 0 Å². The molecule has 4 N–H and O–H groups in total. The third-order valence-electron chi connectivity index (χ3n) is 1.08. The summed E-state index contributed by atoms with van der Waals surface area (Å²) < 4.78 is 0. The number of hydrogen-bond donors (Lipinski definition) is 2. The Morgan fingerprint density at radius 3 is 2.44 bits per heavy atom. The summed E-state index contributed by atoms with van der Waals surface area (Å²) in [6.07, 6.45) is 2.18. The second kappa shape index (κ2) is 4.18. The van der Waals surface area contributed by atoms with Gasteiger partial charge in [0.15, 0.2) is 5.96 Å². The molecule has 0 unspecified atom stereocenters. The van der Waals surface area contributed by atoms with Crippen LogP contribution in [0.2, 0.25) is 0 Å². The molecule has 0 saturated carbocycles. The van der Waals surface area contributed by atoms with Crippen molar-refractivity contribution in [2.75, 3.05) is 0 Å². The smallest absolute Gasteiger partial charge is 0.186 e. The maximum atomic E-state index is 5.15. The Morgan fingerprint density at radius 2 is 2.11 bits per heavy atom. The average molecular weight is 129 g/mol. The van der Waals surface area contributed by atoms with E-state index in [2.05, 4.69) is 11.9 Å². The minimum Gasteiger partial charge on any atom is -0.370 e. The van der Waals surface area contributed by atoms with E-state index in [0.717, 1.165) is 12.8 Å². The van der Waals surface area contributed by atoms with E-state index in [0.29, 0.717) is 0 Å². The molecule has 9 heavy (non-hydrogen) atoms. The number of guanidine groups is 1. The molecule has 3 heteroatoms. The summed E-state index contributed by atoms with van der Waals surface area (Å²) in [4.78, 5) is 3.94. The van der Waals surface area contributed by atoms with E-state index in [1.54, 1.807) is 0 Å². The molecule has 0 rings (SSSR count). The van der Waals surface area contributed by atoms with E-state index < -0.39 is 0 Å². The highest BCUT2D eigenvalue weighted by Crippen LogP contribution is 1.98. The van der Waals surface area contributed by atoms with Gasteiger partial charge in [-0.2, -0.15) is 0 Å². The topological polar surface area (TPSA) is 64.4 Å². The molecule has 1 atom stereocenters. The van der Waals surface area contributed by atoms with Crippen LogP contribution in [0.25, 0.3) is 0 Å². The molecule has 0 spiro atoms. The zero-order valence-corrected chi connectivity index (χ0v) is 6.09. The molecule has 0 bridgehead atoms. The highest BCUT2D eigenvalue weighted by molar-refractivity contribution is 5.75. The standard InChI is InChI=1S/C6H15N3/c1-3-4-5(2)9-6(7)8/h5H,3-4H2,1-2H3,(H4,7,8,9)/t5-/m0/s1. The van der Waals surface area contributed by atoms with Gasteiger partial charge < -0.3 is 11.5 Å². The van der Waals surface area contributed by atoms with E-state index in [4.69, 9.17) is 11.5 Å². The van der Waals surface area contributed by atoms with Gasteiger partial charge in [-0.05, 0) is 13.3 Å². The van der Waals surface area contributed by atoms with Crippen molar-refractivity contribution >= 4 is 5.96 Å². The first-order valence-electron chi connectivity index (χ1n) is 3.25. The van der Waals surface area contributed by atoms with Crippen LogP contribution in [0.4, 0.5) is 0 Å². The zero-order chi connectivity index (χ0) is 7.28. The van der Waals surface area contributed by atoms with Crippen molar-refractivity contribution in [2.45, 2.75) is 32.7 Å². The van der Waals surface area contributed by atoms with Crippen LogP contribution in [-0.2, 0) is 0 Å². The third-order valence-corrected chi connectivity index (χ3v) is 1.08. The molecule has 0 aromatic rings. The zero-order valence-electron chi connectivity index (χ0n) is 6.09. The first kappa shape index (κ1) is 8.27. The first-order chi connectivity index (χ1) is 4.16. The second-order valence-electron chi connectivity index (χ2n) is 2.19. The van der Waals surface area contributed by atoms with Crippen molar-refractivity contribution in [1.29, 1.82) is 0 Å². The van der Waals surface area contributed by atoms with Crippen LogP contribution in [0.5, 0.6) is 0 Å². The van der Waals surface area contributed by atoms with Crippen molar-refractivity contribution in [1.82, 2.24) is 0 Å². The van der Waals surface area contributed by atoms with Gasteiger partial charge in [-0.1, -0.05) is 13.3 Å². The fourth-order valence-electron chi connectivity index (χ4n) is 0.737. The summed E-state index contributed by atoms with van der Waals surface area (Å²) in [5.74, 6) is 0.191. The minimum absolute atomic E-state index is 0.191. The van der Waals surface area contributed by atoms with Crippen LogP contribution in [0.15, 0.2) is 4.99 Å². The Morgan fingerprint density at radius 1 is 1.56 bits per heavy atom. The Bertz CT molecular complexity index is 94.5. The fourth-order valence-corrected chi connectivity index (χ4v) is 0.737. The van der Waals surface area contributed by atoms with Crippen molar-refractivity contribution in [3.63, 3.8) is 0 Å². The molecule has 0 aliphatic heterocycles. The van der Waals surface area contributed by atoms with Gasteiger partial charge in [0, 0.05) is 0 Å². The number of hydrogen-bond acceptors (Lipinski definition) is 1. The fraction of sp³-hybridized carbons (Fsp3) is 0.833. The maximum absolute atomic E-state index is 5.15. The van der Waals surface area contributed by atoms with Gasteiger partial charge in [0.2, 0.25) is 0 Å².